The van der Waals surface area contributed by atoms with Gasteiger partial charge in [0.05, 0.1) is 0 Å². The normalized spacial score (nSPS) is 17.0. The molecule has 1 heteroatoms. The van der Waals surface area contributed by atoms with Gasteiger partial charge in [0.2, 0.25) is 0 Å². The number of ketones is 1. The lowest BCUT2D eigenvalue weighted by atomic mass is 9.81. The van der Waals surface area contributed by atoms with Crippen molar-refractivity contribution in [1.82, 2.24) is 0 Å². The molecule has 0 amide bonds. The zero-order valence-electron chi connectivity index (χ0n) is 13.7. The molecule has 0 aromatic heterocycles. The Balaban J connectivity index is 2.12. The van der Waals surface area contributed by atoms with Gasteiger partial charge in [-0.15, -0.1) is 0 Å². The molecule has 1 aliphatic rings. The molecular weight excluding hydrogens is 256 g/mol. The summed E-state index contributed by atoms with van der Waals surface area (Å²) in [4.78, 5) is 12.4. The van der Waals surface area contributed by atoms with Gasteiger partial charge in [-0.05, 0) is 50.5 Å². The molecule has 1 aromatic carbocycles. The highest BCUT2D eigenvalue weighted by Gasteiger charge is 2.21. The Labute approximate surface area is 129 Å². The van der Waals surface area contributed by atoms with Gasteiger partial charge in [0.25, 0.3) is 0 Å². The molecule has 1 fully saturated rings. The highest BCUT2D eigenvalue weighted by Crippen LogP contribution is 2.35. The maximum atomic E-state index is 12.4. The largest absolute Gasteiger partial charge is 0.299 e. The fraction of sp³-hybridized carbons (Fsp3) is 0.550. The van der Waals surface area contributed by atoms with Gasteiger partial charge in [0, 0.05) is 12.3 Å². The zero-order chi connectivity index (χ0) is 15.2. The van der Waals surface area contributed by atoms with Crippen LogP contribution in [0.25, 0.3) is 0 Å². The van der Waals surface area contributed by atoms with Crippen molar-refractivity contribution in [1.29, 1.82) is 0 Å². The third-order valence-corrected chi connectivity index (χ3v) is 4.99. The summed E-state index contributed by atoms with van der Waals surface area (Å²) >= 11 is 0. The predicted octanol–water partition coefficient (Wildman–Crippen LogP) is 5.67. The third kappa shape index (κ3) is 4.30. The van der Waals surface area contributed by atoms with Gasteiger partial charge in [-0.1, -0.05) is 55.3 Å². The van der Waals surface area contributed by atoms with Crippen LogP contribution in [0.4, 0.5) is 0 Å². The average molecular weight is 284 g/mol. The number of carbonyl (C=O) groups is 1. The van der Waals surface area contributed by atoms with E-state index in [1.807, 2.05) is 6.07 Å². The summed E-state index contributed by atoms with van der Waals surface area (Å²) in [5, 5.41) is 0. The van der Waals surface area contributed by atoms with Gasteiger partial charge in [-0.2, -0.15) is 0 Å². The van der Waals surface area contributed by atoms with Crippen LogP contribution in [0.15, 0.2) is 41.5 Å². The van der Waals surface area contributed by atoms with Crippen molar-refractivity contribution in [3.8, 4) is 0 Å². The van der Waals surface area contributed by atoms with Gasteiger partial charge in [0.15, 0.2) is 0 Å². The molecule has 0 bridgehead atoms. The van der Waals surface area contributed by atoms with E-state index in [4.69, 9.17) is 0 Å². The molecule has 0 N–H and O–H groups in total. The quantitative estimate of drug-likeness (QED) is 0.590. The standard InChI is InChI=1S/C20H28O/c1-4-15(2)20(21)14-19(18-9-6-5-7-10-18)13-16(3)17-11-8-12-17/h5-7,9-10,15,19H,4,8,11-14H2,1-3H3. The second-order valence-corrected chi connectivity index (χ2v) is 6.53. The molecule has 0 radical (unpaired) electrons. The molecule has 1 aromatic rings. The molecule has 0 saturated heterocycles. The molecule has 0 aliphatic heterocycles. The maximum absolute atomic E-state index is 12.4. The maximum Gasteiger partial charge on any atom is 0.136 e. The third-order valence-electron chi connectivity index (χ3n) is 4.99. The summed E-state index contributed by atoms with van der Waals surface area (Å²) in [5.41, 5.74) is 4.47. The summed E-state index contributed by atoms with van der Waals surface area (Å²) in [6.45, 7) is 6.42. The van der Waals surface area contributed by atoms with Crippen LogP contribution >= 0.6 is 0 Å². The van der Waals surface area contributed by atoms with E-state index in [2.05, 4.69) is 45.0 Å². The van der Waals surface area contributed by atoms with Gasteiger partial charge < -0.3 is 0 Å². The number of hydrogen-bond acceptors (Lipinski definition) is 1. The Bertz CT molecular complexity index is 492. The predicted molar refractivity (Wildman–Crippen MR) is 89.4 cm³/mol. The first-order chi connectivity index (χ1) is 10.1. The molecular formula is C20H28O. The van der Waals surface area contributed by atoms with Gasteiger partial charge >= 0.3 is 0 Å². The van der Waals surface area contributed by atoms with Crippen LogP contribution in [0.3, 0.4) is 0 Å². The Kier molecular flexibility index (Phi) is 5.78. The minimum absolute atomic E-state index is 0.188. The molecule has 1 saturated carbocycles. The van der Waals surface area contributed by atoms with Crippen LogP contribution in [-0.2, 0) is 4.79 Å². The first kappa shape index (κ1) is 16.0. The number of allylic oxidation sites excluding steroid dienone is 2. The average Bonchev–Trinajstić information content (AvgIpc) is 2.44. The van der Waals surface area contributed by atoms with Crippen LogP contribution in [0, 0.1) is 5.92 Å². The lowest BCUT2D eigenvalue weighted by molar-refractivity contribution is -0.122. The van der Waals surface area contributed by atoms with E-state index in [9.17, 15) is 4.79 Å². The Hall–Kier alpha value is -1.37. The lowest BCUT2D eigenvalue weighted by Crippen LogP contribution is -2.15. The molecule has 0 spiro atoms. The highest BCUT2D eigenvalue weighted by atomic mass is 16.1. The molecule has 114 valence electrons. The van der Waals surface area contributed by atoms with Crippen molar-refractivity contribution in [2.75, 3.05) is 0 Å². The second kappa shape index (κ2) is 7.59. The molecule has 1 aliphatic carbocycles. The van der Waals surface area contributed by atoms with Gasteiger partial charge in [0.1, 0.15) is 5.78 Å². The minimum atomic E-state index is 0.188. The van der Waals surface area contributed by atoms with E-state index in [0.717, 1.165) is 12.8 Å². The monoisotopic (exact) mass is 284 g/mol. The summed E-state index contributed by atoms with van der Waals surface area (Å²) in [6, 6.07) is 10.6. The number of Topliss-reactive ketones (excluding diaryl/α,β-unsaturated/α-hetero) is 1. The first-order valence-corrected chi connectivity index (χ1v) is 8.37. The van der Waals surface area contributed by atoms with Crippen LogP contribution in [-0.4, -0.2) is 5.78 Å². The smallest absolute Gasteiger partial charge is 0.136 e. The van der Waals surface area contributed by atoms with Crippen molar-refractivity contribution in [3.63, 3.8) is 0 Å². The summed E-state index contributed by atoms with van der Waals surface area (Å²) in [5.74, 6) is 0.950. The number of rotatable bonds is 7. The number of benzene rings is 1. The Morgan fingerprint density at radius 2 is 1.81 bits per heavy atom. The van der Waals surface area contributed by atoms with E-state index in [-0.39, 0.29) is 5.92 Å². The van der Waals surface area contributed by atoms with Crippen molar-refractivity contribution < 1.29 is 4.79 Å². The van der Waals surface area contributed by atoms with Crippen molar-refractivity contribution in [3.05, 3.63) is 47.0 Å². The number of hydrogen-bond donors (Lipinski definition) is 0. The lowest BCUT2D eigenvalue weighted by Gasteiger charge is -2.24. The Morgan fingerprint density at radius 3 is 2.33 bits per heavy atom. The topological polar surface area (TPSA) is 17.1 Å². The van der Waals surface area contributed by atoms with Crippen molar-refractivity contribution in [2.24, 2.45) is 5.92 Å². The van der Waals surface area contributed by atoms with Crippen LogP contribution in [0.2, 0.25) is 0 Å². The van der Waals surface area contributed by atoms with Crippen LogP contribution in [0.5, 0.6) is 0 Å². The van der Waals surface area contributed by atoms with Crippen molar-refractivity contribution in [2.45, 2.75) is 65.2 Å². The molecule has 2 rings (SSSR count). The Morgan fingerprint density at radius 1 is 1.14 bits per heavy atom. The molecule has 1 nitrogen and oxygen atoms in total. The molecule has 0 heterocycles. The van der Waals surface area contributed by atoms with Gasteiger partial charge in [-0.25, -0.2) is 0 Å². The van der Waals surface area contributed by atoms with Crippen LogP contribution in [0.1, 0.15) is 70.8 Å². The summed E-state index contributed by atoms with van der Waals surface area (Å²) in [6.07, 6.45) is 6.55. The fourth-order valence-electron chi connectivity index (χ4n) is 3.00. The van der Waals surface area contributed by atoms with E-state index in [0.29, 0.717) is 18.1 Å². The SMILES string of the molecule is CCC(C)C(=O)CC(CC(C)=C1CCC1)c1ccccc1. The molecule has 2 atom stereocenters. The fourth-order valence-corrected chi connectivity index (χ4v) is 3.00. The van der Waals surface area contributed by atoms with E-state index in [1.165, 1.54) is 30.4 Å². The molecule has 21 heavy (non-hydrogen) atoms. The van der Waals surface area contributed by atoms with E-state index < -0.39 is 0 Å². The van der Waals surface area contributed by atoms with E-state index in [1.54, 1.807) is 5.57 Å². The first-order valence-electron chi connectivity index (χ1n) is 8.37. The minimum Gasteiger partial charge on any atom is -0.299 e. The van der Waals surface area contributed by atoms with E-state index >= 15 is 0 Å². The summed E-state index contributed by atoms with van der Waals surface area (Å²) < 4.78 is 0. The zero-order valence-corrected chi connectivity index (χ0v) is 13.7. The molecule has 2 unspecified atom stereocenters. The second-order valence-electron chi connectivity index (χ2n) is 6.53. The summed E-state index contributed by atoms with van der Waals surface area (Å²) in [7, 11) is 0. The number of carbonyl (C=O) groups excluding carboxylic acids is 1. The highest BCUT2D eigenvalue weighted by molar-refractivity contribution is 5.81. The van der Waals surface area contributed by atoms with Crippen LogP contribution < -0.4 is 0 Å². The van der Waals surface area contributed by atoms with Gasteiger partial charge in [-0.3, -0.25) is 4.79 Å². The van der Waals surface area contributed by atoms with Crippen molar-refractivity contribution >= 4 is 5.78 Å².